The smallest absolute Gasteiger partial charge is 0.288 e. The van der Waals surface area contributed by atoms with Crippen LogP contribution < -0.4 is 9.80 Å². The molecular formula is C18H18N2O3S. The second-order valence-corrected chi connectivity index (χ2v) is 8.56. The molecular weight excluding hydrogens is 324 g/mol. The highest BCUT2D eigenvalue weighted by molar-refractivity contribution is 7.91. The Hall–Kier alpha value is -2.34. The Morgan fingerprint density at radius 1 is 0.875 bits per heavy atom. The molecule has 6 heteroatoms. The van der Waals surface area contributed by atoms with Gasteiger partial charge in [-0.25, -0.2) is 13.2 Å². The second kappa shape index (κ2) is 5.34. The predicted octanol–water partition coefficient (Wildman–Crippen LogP) is 2.61. The summed E-state index contributed by atoms with van der Waals surface area (Å²) in [7, 11) is -3.16. The van der Waals surface area contributed by atoms with E-state index in [-0.39, 0.29) is 29.6 Å². The molecule has 0 bridgehead atoms. The number of urea groups is 1. The van der Waals surface area contributed by atoms with Crippen molar-refractivity contribution in [3.63, 3.8) is 0 Å². The van der Waals surface area contributed by atoms with Crippen LogP contribution in [-0.4, -0.2) is 38.0 Å². The van der Waals surface area contributed by atoms with Crippen molar-refractivity contribution < 1.29 is 13.2 Å². The Morgan fingerprint density at radius 2 is 1.46 bits per heavy atom. The molecule has 2 aliphatic rings. The molecule has 24 heavy (non-hydrogen) atoms. The van der Waals surface area contributed by atoms with E-state index in [0.29, 0.717) is 0 Å². The summed E-state index contributed by atoms with van der Waals surface area (Å²) in [6, 6.07) is 16.1. The maximum absolute atomic E-state index is 13.1. The van der Waals surface area contributed by atoms with Gasteiger partial charge in [0.15, 0.2) is 9.84 Å². The summed E-state index contributed by atoms with van der Waals surface area (Å²) < 4.78 is 24.4. The molecule has 0 spiro atoms. The van der Waals surface area contributed by atoms with Crippen LogP contribution in [0.4, 0.5) is 16.2 Å². The third kappa shape index (κ3) is 2.38. The number of amides is 2. The van der Waals surface area contributed by atoms with E-state index >= 15 is 0 Å². The van der Waals surface area contributed by atoms with Crippen LogP contribution in [0.1, 0.15) is 5.56 Å². The molecule has 2 aliphatic heterocycles. The van der Waals surface area contributed by atoms with Gasteiger partial charge in [-0.1, -0.05) is 30.3 Å². The number of hydrogen-bond donors (Lipinski definition) is 0. The van der Waals surface area contributed by atoms with Crippen molar-refractivity contribution in [1.82, 2.24) is 0 Å². The number of aryl methyl sites for hydroxylation is 1. The number of hydrogen-bond acceptors (Lipinski definition) is 3. The summed E-state index contributed by atoms with van der Waals surface area (Å²) in [5.41, 5.74) is 2.53. The lowest BCUT2D eigenvalue weighted by Crippen LogP contribution is -2.37. The SMILES string of the molecule is Cc1cccc(N2C(=O)N(c3ccccc3)C3CS(=O)(=O)CC32)c1. The molecule has 2 amide bonds. The lowest BCUT2D eigenvalue weighted by atomic mass is 10.1. The van der Waals surface area contributed by atoms with Crippen LogP contribution in [0.5, 0.6) is 0 Å². The van der Waals surface area contributed by atoms with Gasteiger partial charge in [0.05, 0.1) is 23.6 Å². The zero-order valence-corrected chi connectivity index (χ0v) is 14.1. The molecule has 0 aliphatic carbocycles. The Bertz CT molecular complexity index is 895. The van der Waals surface area contributed by atoms with Crippen molar-refractivity contribution >= 4 is 27.2 Å². The van der Waals surface area contributed by atoms with Gasteiger partial charge in [-0.15, -0.1) is 0 Å². The summed E-state index contributed by atoms with van der Waals surface area (Å²) in [6.07, 6.45) is 0. The normalized spacial score (nSPS) is 25.1. The molecule has 2 saturated heterocycles. The molecule has 0 radical (unpaired) electrons. The van der Waals surface area contributed by atoms with E-state index in [9.17, 15) is 13.2 Å². The molecule has 0 saturated carbocycles. The molecule has 124 valence electrons. The van der Waals surface area contributed by atoms with Gasteiger partial charge in [-0.05, 0) is 36.8 Å². The highest BCUT2D eigenvalue weighted by atomic mass is 32.2. The minimum atomic E-state index is -3.16. The van der Waals surface area contributed by atoms with Crippen LogP contribution in [-0.2, 0) is 9.84 Å². The monoisotopic (exact) mass is 342 g/mol. The number of anilines is 2. The first-order chi connectivity index (χ1) is 11.5. The fourth-order valence-corrected chi connectivity index (χ4v) is 5.59. The second-order valence-electron chi connectivity index (χ2n) is 6.41. The minimum absolute atomic E-state index is 0.0145. The quantitative estimate of drug-likeness (QED) is 0.788. The third-order valence-corrected chi connectivity index (χ3v) is 6.38. The van der Waals surface area contributed by atoms with Gasteiger partial charge in [0.1, 0.15) is 0 Å². The van der Waals surface area contributed by atoms with Crippen LogP contribution >= 0.6 is 0 Å². The predicted molar refractivity (Wildman–Crippen MR) is 94.2 cm³/mol. The number of para-hydroxylation sites is 1. The summed E-state index contributed by atoms with van der Waals surface area (Å²) in [5.74, 6) is 0.0291. The highest BCUT2D eigenvalue weighted by Crippen LogP contribution is 2.37. The first-order valence-corrected chi connectivity index (χ1v) is 9.73. The van der Waals surface area contributed by atoms with Gasteiger partial charge in [-0.3, -0.25) is 9.80 Å². The Kier molecular flexibility index (Phi) is 3.38. The highest BCUT2D eigenvalue weighted by Gasteiger charge is 2.54. The fourth-order valence-electron chi connectivity index (χ4n) is 3.67. The molecule has 2 aromatic rings. The van der Waals surface area contributed by atoms with Gasteiger partial charge < -0.3 is 0 Å². The van der Waals surface area contributed by atoms with Crippen molar-refractivity contribution in [2.24, 2.45) is 0 Å². The fraction of sp³-hybridized carbons (Fsp3) is 0.278. The standard InChI is InChI=1S/C18H18N2O3S/c1-13-6-5-9-15(10-13)20-17-12-24(22,23)11-16(17)19(18(20)21)14-7-3-2-4-8-14/h2-10,16-17H,11-12H2,1H3. The first-order valence-electron chi connectivity index (χ1n) is 7.91. The lowest BCUT2D eigenvalue weighted by Gasteiger charge is -2.23. The maximum atomic E-state index is 13.1. The van der Waals surface area contributed by atoms with E-state index < -0.39 is 9.84 Å². The zero-order valence-electron chi connectivity index (χ0n) is 13.3. The summed E-state index contributed by atoms with van der Waals surface area (Å²) in [4.78, 5) is 16.4. The number of fused-ring (bicyclic) bond motifs is 1. The largest absolute Gasteiger partial charge is 0.329 e. The van der Waals surface area contributed by atoms with Crippen molar-refractivity contribution in [2.75, 3.05) is 21.3 Å². The molecule has 2 heterocycles. The number of rotatable bonds is 2. The molecule has 0 aromatic heterocycles. The average Bonchev–Trinajstić information content (AvgIpc) is 2.96. The molecule has 5 nitrogen and oxygen atoms in total. The van der Waals surface area contributed by atoms with Gasteiger partial charge in [0.2, 0.25) is 0 Å². The van der Waals surface area contributed by atoms with Crippen molar-refractivity contribution in [2.45, 2.75) is 19.0 Å². The van der Waals surface area contributed by atoms with Crippen molar-refractivity contribution in [3.8, 4) is 0 Å². The van der Waals surface area contributed by atoms with Gasteiger partial charge >= 0.3 is 6.03 Å². The van der Waals surface area contributed by atoms with Crippen LogP contribution in [0.2, 0.25) is 0 Å². The number of sulfone groups is 1. The van der Waals surface area contributed by atoms with Crippen LogP contribution in [0.25, 0.3) is 0 Å². The van der Waals surface area contributed by atoms with Crippen molar-refractivity contribution in [1.29, 1.82) is 0 Å². The topological polar surface area (TPSA) is 57.7 Å². The van der Waals surface area contributed by atoms with Crippen LogP contribution in [0, 0.1) is 6.92 Å². The average molecular weight is 342 g/mol. The molecule has 2 fully saturated rings. The van der Waals surface area contributed by atoms with Crippen molar-refractivity contribution in [3.05, 3.63) is 60.2 Å². The zero-order chi connectivity index (χ0) is 16.9. The van der Waals surface area contributed by atoms with E-state index in [0.717, 1.165) is 16.9 Å². The van der Waals surface area contributed by atoms with E-state index in [1.807, 2.05) is 61.5 Å². The van der Waals surface area contributed by atoms with Crippen LogP contribution in [0.15, 0.2) is 54.6 Å². The minimum Gasteiger partial charge on any atom is -0.288 e. The number of benzene rings is 2. The Morgan fingerprint density at radius 3 is 2.08 bits per heavy atom. The maximum Gasteiger partial charge on any atom is 0.329 e. The van der Waals surface area contributed by atoms with E-state index in [4.69, 9.17) is 0 Å². The summed E-state index contributed by atoms with van der Waals surface area (Å²) in [6.45, 7) is 1.96. The van der Waals surface area contributed by atoms with E-state index in [1.165, 1.54) is 0 Å². The number of nitrogens with zero attached hydrogens (tertiary/aromatic N) is 2. The van der Waals surface area contributed by atoms with Gasteiger partial charge in [-0.2, -0.15) is 0 Å². The first kappa shape index (κ1) is 15.2. The summed E-state index contributed by atoms with van der Waals surface area (Å²) in [5, 5.41) is 0. The molecule has 2 aromatic carbocycles. The summed E-state index contributed by atoms with van der Waals surface area (Å²) >= 11 is 0. The third-order valence-electron chi connectivity index (χ3n) is 4.68. The van der Waals surface area contributed by atoms with Gasteiger partial charge in [0.25, 0.3) is 0 Å². The van der Waals surface area contributed by atoms with E-state index in [1.54, 1.807) is 9.80 Å². The van der Waals surface area contributed by atoms with Gasteiger partial charge in [0, 0.05) is 11.4 Å². The number of carbonyl (C=O) groups excluding carboxylic acids is 1. The number of carbonyl (C=O) groups is 1. The van der Waals surface area contributed by atoms with E-state index in [2.05, 4.69) is 0 Å². The Labute approximate surface area is 141 Å². The molecule has 4 rings (SSSR count). The molecule has 0 N–H and O–H groups in total. The van der Waals surface area contributed by atoms with Crippen LogP contribution in [0.3, 0.4) is 0 Å². The molecule has 2 unspecified atom stereocenters. The molecule has 2 atom stereocenters. The lowest BCUT2D eigenvalue weighted by molar-refractivity contribution is 0.255. The Balaban J connectivity index is 1.82.